The Morgan fingerprint density at radius 2 is 2.03 bits per heavy atom. The number of nitrogens with zero attached hydrogens (tertiary/aromatic N) is 4. The van der Waals surface area contributed by atoms with Crippen molar-refractivity contribution < 1.29 is 9.32 Å². The van der Waals surface area contributed by atoms with Crippen LogP contribution in [0.4, 0.5) is 0 Å². The van der Waals surface area contributed by atoms with Crippen LogP contribution in [0.5, 0.6) is 0 Å². The molecule has 0 atom stereocenters. The zero-order valence-corrected chi connectivity index (χ0v) is 19.6. The molecule has 1 aliphatic rings. The Morgan fingerprint density at radius 1 is 1.33 bits per heavy atom. The van der Waals surface area contributed by atoms with Crippen LogP contribution in [0.25, 0.3) is 11.4 Å². The number of aryl methyl sites for hydroxylation is 2. The first-order valence-electron chi connectivity index (χ1n) is 10.9. The van der Waals surface area contributed by atoms with Crippen LogP contribution in [0, 0.1) is 18.3 Å². The monoisotopic (exact) mass is 435 g/mol. The first-order valence-corrected chi connectivity index (χ1v) is 11.3. The van der Waals surface area contributed by atoms with E-state index in [1.807, 2.05) is 13.8 Å². The van der Waals surface area contributed by atoms with E-state index in [0.717, 1.165) is 32.5 Å². The van der Waals surface area contributed by atoms with Crippen molar-refractivity contribution in [2.45, 2.75) is 60.4 Å². The minimum atomic E-state index is -0.203. The first kappa shape index (κ1) is 22.8. The lowest BCUT2D eigenvalue weighted by Crippen LogP contribution is -2.39. The molecule has 3 heterocycles. The van der Waals surface area contributed by atoms with Crippen LogP contribution in [0.1, 0.15) is 63.1 Å². The van der Waals surface area contributed by atoms with Crippen LogP contribution >= 0.6 is 11.6 Å². The van der Waals surface area contributed by atoms with E-state index in [1.54, 1.807) is 10.7 Å². The maximum absolute atomic E-state index is 13.0. The Morgan fingerprint density at radius 3 is 2.60 bits per heavy atom. The molecule has 0 aromatic carbocycles. The van der Waals surface area contributed by atoms with Crippen LogP contribution < -0.4 is 5.32 Å². The molecule has 0 aliphatic carbocycles. The van der Waals surface area contributed by atoms with E-state index in [9.17, 15) is 4.79 Å². The number of likely N-dealkylation sites (tertiary alicyclic amines) is 1. The zero-order valence-electron chi connectivity index (χ0n) is 18.8. The normalized spacial score (nSPS) is 16.2. The quantitative estimate of drug-likeness (QED) is 0.697. The highest BCUT2D eigenvalue weighted by Crippen LogP contribution is 2.29. The van der Waals surface area contributed by atoms with Crippen molar-refractivity contribution in [3.63, 3.8) is 0 Å². The smallest absolute Gasteiger partial charge is 0.256 e. The van der Waals surface area contributed by atoms with Gasteiger partial charge in [-0.2, -0.15) is 5.10 Å². The van der Waals surface area contributed by atoms with Crippen molar-refractivity contribution >= 4 is 17.5 Å². The van der Waals surface area contributed by atoms with Gasteiger partial charge < -0.3 is 14.7 Å². The second-order valence-electron chi connectivity index (χ2n) is 9.46. The summed E-state index contributed by atoms with van der Waals surface area (Å²) in [6, 6.07) is 1.77. The van der Waals surface area contributed by atoms with Crippen LogP contribution in [-0.4, -0.2) is 51.9 Å². The standard InChI is InChI=1S/C22H34ClN5O2/c1-6-28-20(23)18(19(25-28)17-13-15(2)30-26-17)21(29)24-14-16-7-10-27(11-8-16)12-9-22(3,4)5/h13,16H,6-12,14H2,1-5H3,(H,24,29). The van der Waals surface area contributed by atoms with Crippen molar-refractivity contribution in [1.29, 1.82) is 0 Å². The number of carbonyl (C=O) groups excluding carboxylic acids is 1. The number of aromatic nitrogens is 3. The van der Waals surface area contributed by atoms with Gasteiger partial charge in [-0.3, -0.25) is 9.48 Å². The molecule has 166 valence electrons. The highest BCUT2D eigenvalue weighted by Gasteiger charge is 2.27. The molecule has 0 saturated carbocycles. The molecule has 7 nitrogen and oxygen atoms in total. The number of hydrogen-bond donors (Lipinski definition) is 1. The topological polar surface area (TPSA) is 76.2 Å². The minimum Gasteiger partial charge on any atom is -0.361 e. The van der Waals surface area contributed by atoms with E-state index in [0.29, 0.717) is 52.3 Å². The second kappa shape index (κ2) is 9.52. The summed E-state index contributed by atoms with van der Waals surface area (Å²) in [4.78, 5) is 15.5. The van der Waals surface area contributed by atoms with E-state index in [1.165, 1.54) is 6.42 Å². The number of carbonyl (C=O) groups is 1. The van der Waals surface area contributed by atoms with Crippen LogP contribution in [0.2, 0.25) is 5.15 Å². The molecule has 30 heavy (non-hydrogen) atoms. The van der Waals surface area contributed by atoms with Gasteiger partial charge in [0, 0.05) is 19.2 Å². The molecular formula is C22H34ClN5O2. The zero-order chi connectivity index (χ0) is 21.9. The molecule has 0 unspecified atom stereocenters. The van der Waals surface area contributed by atoms with E-state index in [-0.39, 0.29) is 5.91 Å². The van der Waals surface area contributed by atoms with E-state index >= 15 is 0 Å². The summed E-state index contributed by atoms with van der Waals surface area (Å²) in [7, 11) is 0. The van der Waals surface area contributed by atoms with Crippen LogP contribution in [0.3, 0.4) is 0 Å². The summed E-state index contributed by atoms with van der Waals surface area (Å²) in [5.41, 5.74) is 1.73. The van der Waals surface area contributed by atoms with Gasteiger partial charge in [0.2, 0.25) is 0 Å². The molecular weight excluding hydrogens is 402 g/mol. The predicted molar refractivity (Wildman–Crippen MR) is 119 cm³/mol. The van der Waals surface area contributed by atoms with Gasteiger partial charge in [-0.05, 0) is 64.1 Å². The van der Waals surface area contributed by atoms with E-state index in [2.05, 4.69) is 41.2 Å². The molecule has 1 fully saturated rings. The Hall–Kier alpha value is -1.86. The number of rotatable bonds is 7. The third-order valence-corrected chi connectivity index (χ3v) is 6.11. The fourth-order valence-electron chi connectivity index (χ4n) is 3.74. The van der Waals surface area contributed by atoms with Crippen LogP contribution in [0.15, 0.2) is 10.6 Å². The molecule has 2 aromatic heterocycles. The van der Waals surface area contributed by atoms with Gasteiger partial charge in [-0.25, -0.2) is 0 Å². The highest BCUT2D eigenvalue weighted by atomic mass is 35.5. The van der Waals surface area contributed by atoms with Gasteiger partial charge in [0.1, 0.15) is 27.9 Å². The third kappa shape index (κ3) is 5.64. The number of piperidine rings is 1. The Kier molecular flexibility index (Phi) is 7.24. The molecule has 1 N–H and O–H groups in total. The van der Waals surface area contributed by atoms with Gasteiger partial charge in [0.05, 0.1) is 0 Å². The Bertz CT molecular complexity index is 859. The summed E-state index contributed by atoms with van der Waals surface area (Å²) in [6.07, 6.45) is 3.40. The van der Waals surface area contributed by atoms with Gasteiger partial charge in [-0.15, -0.1) is 0 Å². The van der Waals surface area contributed by atoms with Gasteiger partial charge in [0.25, 0.3) is 5.91 Å². The number of amides is 1. The largest absolute Gasteiger partial charge is 0.361 e. The van der Waals surface area contributed by atoms with Crippen molar-refractivity contribution in [3.8, 4) is 11.4 Å². The maximum atomic E-state index is 13.0. The lowest BCUT2D eigenvalue weighted by molar-refractivity contribution is 0.0934. The molecule has 3 rings (SSSR count). The predicted octanol–water partition coefficient (Wildman–Crippen LogP) is 4.40. The van der Waals surface area contributed by atoms with Gasteiger partial charge in [0.15, 0.2) is 0 Å². The van der Waals surface area contributed by atoms with Crippen molar-refractivity contribution in [2.24, 2.45) is 11.3 Å². The Balaban J connectivity index is 1.59. The number of halogens is 1. The number of nitrogens with one attached hydrogen (secondary N) is 1. The molecule has 1 amide bonds. The summed E-state index contributed by atoms with van der Waals surface area (Å²) in [5, 5.41) is 11.9. The van der Waals surface area contributed by atoms with E-state index in [4.69, 9.17) is 16.1 Å². The van der Waals surface area contributed by atoms with E-state index < -0.39 is 0 Å². The van der Waals surface area contributed by atoms with Crippen molar-refractivity contribution in [1.82, 2.24) is 25.2 Å². The highest BCUT2D eigenvalue weighted by molar-refractivity contribution is 6.33. The average molecular weight is 436 g/mol. The van der Waals surface area contributed by atoms with Gasteiger partial charge in [-0.1, -0.05) is 37.5 Å². The lowest BCUT2D eigenvalue weighted by Gasteiger charge is -2.33. The fourth-order valence-corrected chi connectivity index (χ4v) is 4.08. The maximum Gasteiger partial charge on any atom is 0.256 e. The molecule has 8 heteroatoms. The van der Waals surface area contributed by atoms with Crippen molar-refractivity contribution in [2.75, 3.05) is 26.2 Å². The molecule has 1 aliphatic heterocycles. The van der Waals surface area contributed by atoms with Crippen molar-refractivity contribution in [3.05, 3.63) is 22.5 Å². The summed E-state index contributed by atoms with van der Waals surface area (Å²) in [6.45, 7) is 15.2. The lowest BCUT2D eigenvalue weighted by atomic mass is 9.91. The van der Waals surface area contributed by atoms with Crippen LogP contribution in [-0.2, 0) is 6.54 Å². The first-order chi connectivity index (χ1) is 14.2. The third-order valence-electron chi connectivity index (χ3n) is 5.72. The average Bonchev–Trinajstić information content (AvgIpc) is 3.27. The summed E-state index contributed by atoms with van der Waals surface area (Å²) in [5.74, 6) is 0.944. The minimum absolute atomic E-state index is 0.203. The fraction of sp³-hybridized carbons (Fsp3) is 0.682. The summed E-state index contributed by atoms with van der Waals surface area (Å²) >= 11 is 6.47. The number of hydrogen-bond acceptors (Lipinski definition) is 5. The Labute approximate surface area is 184 Å². The molecule has 2 aromatic rings. The SMILES string of the molecule is CCn1nc(-c2cc(C)on2)c(C(=O)NCC2CCN(CCC(C)(C)C)CC2)c1Cl. The molecule has 0 bridgehead atoms. The van der Waals surface area contributed by atoms with Gasteiger partial charge >= 0.3 is 0 Å². The molecule has 0 spiro atoms. The molecule has 0 radical (unpaired) electrons. The second-order valence-corrected chi connectivity index (χ2v) is 9.82. The summed E-state index contributed by atoms with van der Waals surface area (Å²) < 4.78 is 6.78. The molecule has 1 saturated heterocycles.